The van der Waals surface area contributed by atoms with Crippen molar-refractivity contribution in [2.45, 2.75) is 18.9 Å². The van der Waals surface area contributed by atoms with Crippen LogP contribution < -0.4 is 10.3 Å². The summed E-state index contributed by atoms with van der Waals surface area (Å²) in [5.74, 6) is 0.696. The van der Waals surface area contributed by atoms with Gasteiger partial charge in [-0.05, 0) is 49.3 Å². The van der Waals surface area contributed by atoms with Crippen LogP contribution >= 0.6 is 12.2 Å². The van der Waals surface area contributed by atoms with Crippen molar-refractivity contribution in [3.8, 4) is 11.4 Å². The molecule has 1 saturated carbocycles. The van der Waals surface area contributed by atoms with E-state index in [0.717, 1.165) is 18.4 Å². The standard InChI is InChI=1S/C17H14N2O2S/c20-16-12-5-1-2-6-13(12)18-17(22)19(16)14-7-3-4-8-15(14)21-11-9-10-11/h1-8,11H,9-10H2,(H,18,22). The topological polar surface area (TPSA) is 47.0 Å². The first kappa shape index (κ1) is 13.3. The van der Waals surface area contributed by atoms with Gasteiger partial charge in [-0.2, -0.15) is 0 Å². The highest BCUT2D eigenvalue weighted by Crippen LogP contribution is 2.30. The summed E-state index contributed by atoms with van der Waals surface area (Å²) < 4.78 is 7.79. The summed E-state index contributed by atoms with van der Waals surface area (Å²) in [6.45, 7) is 0. The van der Waals surface area contributed by atoms with Gasteiger partial charge < -0.3 is 9.72 Å². The molecule has 0 radical (unpaired) electrons. The Kier molecular flexibility index (Phi) is 3.08. The SMILES string of the molecule is O=c1c2ccccc2[nH]c(=S)n1-c1ccccc1OC1CC1. The number of fused-ring (bicyclic) bond motifs is 1. The minimum atomic E-state index is -0.133. The van der Waals surface area contributed by atoms with Crippen LogP contribution in [0.4, 0.5) is 0 Å². The lowest BCUT2D eigenvalue weighted by Crippen LogP contribution is -2.21. The molecule has 5 heteroatoms. The van der Waals surface area contributed by atoms with Crippen LogP contribution in [0.1, 0.15) is 12.8 Å². The van der Waals surface area contributed by atoms with Crippen molar-refractivity contribution in [1.82, 2.24) is 9.55 Å². The third-order valence-electron chi connectivity index (χ3n) is 3.73. The molecule has 1 aromatic heterocycles. The maximum Gasteiger partial charge on any atom is 0.266 e. The number of ether oxygens (including phenoxy) is 1. The molecule has 0 amide bonds. The second-order valence-electron chi connectivity index (χ2n) is 5.40. The second-order valence-corrected chi connectivity index (χ2v) is 5.79. The Bertz CT molecular complexity index is 970. The van der Waals surface area contributed by atoms with E-state index in [9.17, 15) is 4.79 Å². The van der Waals surface area contributed by atoms with Gasteiger partial charge in [-0.3, -0.25) is 4.79 Å². The second kappa shape index (κ2) is 5.10. The highest BCUT2D eigenvalue weighted by Gasteiger charge is 2.25. The van der Waals surface area contributed by atoms with Gasteiger partial charge in [0.05, 0.1) is 22.7 Å². The molecule has 1 heterocycles. The molecule has 3 aromatic rings. The molecule has 0 saturated heterocycles. The van der Waals surface area contributed by atoms with E-state index in [1.807, 2.05) is 42.5 Å². The van der Waals surface area contributed by atoms with Crippen molar-refractivity contribution in [3.63, 3.8) is 0 Å². The number of rotatable bonds is 3. The number of H-pyrrole nitrogens is 1. The van der Waals surface area contributed by atoms with Gasteiger partial charge in [0.1, 0.15) is 5.75 Å². The summed E-state index contributed by atoms with van der Waals surface area (Å²) >= 11 is 5.39. The zero-order chi connectivity index (χ0) is 15.1. The first-order chi connectivity index (χ1) is 10.7. The number of nitrogens with zero attached hydrogens (tertiary/aromatic N) is 1. The summed E-state index contributed by atoms with van der Waals surface area (Å²) in [6, 6.07) is 14.9. The van der Waals surface area contributed by atoms with Crippen LogP contribution in [-0.2, 0) is 0 Å². The number of nitrogens with one attached hydrogen (secondary N) is 1. The Morgan fingerprint density at radius 3 is 2.64 bits per heavy atom. The van der Waals surface area contributed by atoms with E-state index in [0.29, 0.717) is 21.6 Å². The first-order valence-corrected chi connectivity index (χ1v) is 7.65. The van der Waals surface area contributed by atoms with Crippen molar-refractivity contribution < 1.29 is 4.74 Å². The Balaban J connectivity index is 1.98. The van der Waals surface area contributed by atoms with E-state index in [-0.39, 0.29) is 11.7 Å². The van der Waals surface area contributed by atoms with Gasteiger partial charge in [-0.1, -0.05) is 24.3 Å². The van der Waals surface area contributed by atoms with Crippen molar-refractivity contribution in [1.29, 1.82) is 0 Å². The van der Waals surface area contributed by atoms with E-state index < -0.39 is 0 Å². The number of hydrogen-bond donors (Lipinski definition) is 1. The number of benzene rings is 2. The molecule has 0 unspecified atom stereocenters. The third-order valence-corrected chi connectivity index (χ3v) is 4.01. The molecule has 2 aromatic carbocycles. The molecule has 22 heavy (non-hydrogen) atoms. The number of para-hydroxylation sites is 3. The molecule has 0 bridgehead atoms. The molecule has 110 valence electrons. The van der Waals surface area contributed by atoms with Crippen molar-refractivity contribution >= 4 is 23.1 Å². The van der Waals surface area contributed by atoms with E-state index in [1.54, 1.807) is 6.07 Å². The molecular formula is C17H14N2O2S. The predicted octanol–water partition coefficient (Wildman–Crippen LogP) is 3.59. The van der Waals surface area contributed by atoms with Gasteiger partial charge >= 0.3 is 0 Å². The van der Waals surface area contributed by atoms with Gasteiger partial charge in [0.2, 0.25) is 0 Å². The van der Waals surface area contributed by atoms with Crippen LogP contribution in [-0.4, -0.2) is 15.7 Å². The van der Waals surface area contributed by atoms with Crippen LogP contribution in [0.25, 0.3) is 16.6 Å². The number of aromatic amines is 1. The normalized spacial score (nSPS) is 14.2. The summed E-state index contributed by atoms with van der Waals surface area (Å²) in [5.41, 5.74) is 1.30. The lowest BCUT2D eigenvalue weighted by Gasteiger charge is -2.13. The first-order valence-electron chi connectivity index (χ1n) is 7.24. The molecular weight excluding hydrogens is 296 g/mol. The minimum absolute atomic E-state index is 0.133. The van der Waals surface area contributed by atoms with Gasteiger partial charge in [0.25, 0.3) is 5.56 Å². The fraction of sp³-hybridized carbons (Fsp3) is 0.176. The molecule has 0 aliphatic heterocycles. The largest absolute Gasteiger partial charge is 0.488 e. The van der Waals surface area contributed by atoms with Crippen LogP contribution in [0, 0.1) is 4.77 Å². The quantitative estimate of drug-likeness (QED) is 0.752. The fourth-order valence-electron chi connectivity index (χ4n) is 2.49. The maximum absolute atomic E-state index is 12.8. The van der Waals surface area contributed by atoms with E-state index in [4.69, 9.17) is 17.0 Å². The average molecular weight is 310 g/mol. The predicted molar refractivity (Wildman–Crippen MR) is 88.4 cm³/mol. The highest BCUT2D eigenvalue weighted by atomic mass is 32.1. The number of aromatic nitrogens is 2. The van der Waals surface area contributed by atoms with Crippen LogP contribution in [0.15, 0.2) is 53.3 Å². The Morgan fingerprint density at radius 1 is 1.09 bits per heavy atom. The van der Waals surface area contributed by atoms with Crippen LogP contribution in [0.2, 0.25) is 0 Å². The van der Waals surface area contributed by atoms with Gasteiger partial charge in [0, 0.05) is 0 Å². The Labute approximate surface area is 132 Å². The van der Waals surface area contributed by atoms with Crippen LogP contribution in [0.3, 0.4) is 0 Å². The molecule has 1 fully saturated rings. The minimum Gasteiger partial charge on any atom is -0.488 e. The zero-order valence-electron chi connectivity index (χ0n) is 11.8. The lowest BCUT2D eigenvalue weighted by molar-refractivity contribution is 0.302. The maximum atomic E-state index is 12.8. The van der Waals surface area contributed by atoms with Gasteiger partial charge in [0.15, 0.2) is 4.77 Å². The molecule has 0 atom stereocenters. The smallest absolute Gasteiger partial charge is 0.266 e. The Hall–Kier alpha value is -2.40. The fourth-order valence-corrected chi connectivity index (χ4v) is 2.78. The summed E-state index contributed by atoms with van der Waals surface area (Å²) in [5, 5.41) is 0.609. The molecule has 0 spiro atoms. The summed E-state index contributed by atoms with van der Waals surface area (Å²) in [4.78, 5) is 15.9. The monoisotopic (exact) mass is 310 g/mol. The Morgan fingerprint density at radius 2 is 1.82 bits per heavy atom. The zero-order valence-corrected chi connectivity index (χ0v) is 12.6. The summed E-state index contributed by atoms with van der Waals surface area (Å²) in [7, 11) is 0. The summed E-state index contributed by atoms with van der Waals surface area (Å²) in [6.07, 6.45) is 2.39. The van der Waals surface area contributed by atoms with Gasteiger partial charge in [-0.25, -0.2) is 4.57 Å². The average Bonchev–Trinajstić information content (AvgIpc) is 3.33. The van der Waals surface area contributed by atoms with Gasteiger partial charge in [-0.15, -0.1) is 0 Å². The molecule has 1 aliphatic rings. The van der Waals surface area contributed by atoms with E-state index in [1.165, 1.54) is 4.57 Å². The third kappa shape index (κ3) is 2.23. The molecule has 1 aliphatic carbocycles. The van der Waals surface area contributed by atoms with E-state index >= 15 is 0 Å². The lowest BCUT2D eigenvalue weighted by atomic mass is 10.2. The molecule has 4 rings (SSSR count). The van der Waals surface area contributed by atoms with Crippen molar-refractivity contribution in [2.24, 2.45) is 0 Å². The van der Waals surface area contributed by atoms with E-state index in [2.05, 4.69) is 4.98 Å². The van der Waals surface area contributed by atoms with Crippen molar-refractivity contribution in [2.75, 3.05) is 0 Å². The molecule has 4 nitrogen and oxygen atoms in total. The van der Waals surface area contributed by atoms with Crippen molar-refractivity contribution in [3.05, 3.63) is 63.7 Å². The van der Waals surface area contributed by atoms with Crippen LogP contribution in [0.5, 0.6) is 5.75 Å². The highest BCUT2D eigenvalue weighted by molar-refractivity contribution is 7.71. The molecule has 1 N–H and O–H groups in total. The number of hydrogen-bond acceptors (Lipinski definition) is 3.